The Labute approximate surface area is 281 Å². The predicted molar refractivity (Wildman–Crippen MR) is 182 cm³/mol. The van der Waals surface area contributed by atoms with E-state index in [1.54, 1.807) is 42.5 Å². The number of nitrogens with zero attached hydrogens (tertiary/aromatic N) is 2. The van der Waals surface area contributed by atoms with E-state index in [0.717, 1.165) is 35.6 Å². The summed E-state index contributed by atoms with van der Waals surface area (Å²) in [6.07, 6.45) is 3.77. The molecule has 0 aliphatic heterocycles. The molecular formula is C37H40FN3O6S. The lowest BCUT2D eigenvalue weighted by atomic mass is 10.0. The minimum Gasteiger partial charge on any atom is -0.497 e. The average molecular weight is 674 g/mol. The molecule has 1 fully saturated rings. The Morgan fingerprint density at radius 1 is 0.854 bits per heavy atom. The first-order valence-corrected chi connectivity index (χ1v) is 17.3. The first-order chi connectivity index (χ1) is 23.2. The molecule has 1 saturated carbocycles. The Morgan fingerprint density at radius 2 is 1.50 bits per heavy atom. The molecule has 0 heterocycles. The number of carbonyl (C=O) groups excluding carboxylic acids is 2. The van der Waals surface area contributed by atoms with Crippen LogP contribution in [0.4, 0.5) is 10.1 Å². The maximum atomic E-state index is 15.2. The number of ether oxygens (including phenoxy) is 2. The minimum atomic E-state index is -4.37. The zero-order valence-electron chi connectivity index (χ0n) is 27.0. The van der Waals surface area contributed by atoms with Gasteiger partial charge in [0.25, 0.3) is 10.0 Å². The third kappa shape index (κ3) is 8.14. The Balaban J connectivity index is 1.59. The van der Waals surface area contributed by atoms with E-state index in [-0.39, 0.29) is 46.8 Å². The standard InChI is InChI=1S/C37H40FN3O6S/c1-46-30-20-22-31(23-21-30)48(44,45)41(33-18-10-11-19-35(33)47-2)26-36(42)40(25-28-14-6-9-17-32(28)38)34(24-27-12-4-3-5-13-27)37(43)39-29-15-7-8-16-29/h3-6,9-14,17-23,29,34H,7-8,15-16,24-26H2,1-2H3,(H,39,43)/t34-/m1/s1. The molecule has 4 aromatic rings. The van der Waals surface area contributed by atoms with Crippen LogP contribution in [0, 0.1) is 5.82 Å². The SMILES string of the molecule is COc1ccc(S(=O)(=O)N(CC(=O)N(Cc2ccccc2F)[C@H](Cc2ccccc2)C(=O)NC2CCCC2)c2ccccc2OC)cc1. The van der Waals surface area contributed by atoms with Crippen LogP contribution in [-0.4, -0.2) is 58.0 Å². The van der Waals surface area contributed by atoms with Crippen LogP contribution >= 0.6 is 0 Å². The third-order valence-electron chi connectivity index (χ3n) is 8.55. The number of nitrogens with one attached hydrogen (secondary N) is 1. The quantitative estimate of drug-likeness (QED) is 0.183. The monoisotopic (exact) mass is 673 g/mol. The maximum absolute atomic E-state index is 15.2. The third-order valence-corrected chi connectivity index (χ3v) is 10.3. The van der Waals surface area contributed by atoms with Crippen LogP contribution in [0.1, 0.15) is 36.8 Å². The van der Waals surface area contributed by atoms with Crippen molar-refractivity contribution in [2.45, 2.75) is 55.6 Å². The smallest absolute Gasteiger partial charge is 0.264 e. The summed E-state index contributed by atoms with van der Waals surface area (Å²) in [5.41, 5.74) is 1.12. The highest BCUT2D eigenvalue weighted by Crippen LogP contribution is 2.33. The molecular weight excluding hydrogens is 633 g/mol. The molecule has 1 aliphatic carbocycles. The van der Waals surface area contributed by atoms with Gasteiger partial charge in [0.05, 0.1) is 24.8 Å². The van der Waals surface area contributed by atoms with Crippen LogP contribution in [0.15, 0.2) is 108 Å². The summed E-state index contributed by atoms with van der Waals surface area (Å²) >= 11 is 0. The average Bonchev–Trinajstić information content (AvgIpc) is 3.62. The van der Waals surface area contributed by atoms with Crippen molar-refractivity contribution in [1.82, 2.24) is 10.2 Å². The van der Waals surface area contributed by atoms with Crippen molar-refractivity contribution < 1.29 is 31.9 Å². The van der Waals surface area contributed by atoms with Gasteiger partial charge in [-0.15, -0.1) is 0 Å². The molecule has 4 aromatic carbocycles. The van der Waals surface area contributed by atoms with Crippen LogP contribution in [0.2, 0.25) is 0 Å². The maximum Gasteiger partial charge on any atom is 0.264 e. The fraction of sp³-hybridized carbons (Fsp3) is 0.297. The predicted octanol–water partition coefficient (Wildman–Crippen LogP) is 5.74. The minimum absolute atomic E-state index is 0.0401. The van der Waals surface area contributed by atoms with E-state index >= 15 is 4.39 Å². The lowest BCUT2D eigenvalue weighted by Gasteiger charge is -2.34. The molecule has 1 N–H and O–H groups in total. The Kier molecular flexibility index (Phi) is 11.3. The normalized spacial score (nSPS) is 13.8. The molecule has 0 unspecified atom stereocenters. The van der Waals surface area contributed by atoms with Crippen molar-refractivity contribution >= 4 is 27.5 Å². The van der Waals surface area contributed by atoms with Gasteiger partial charge in [-0.25, -0.2) is 12.8 Å². The fourth-order valence-electron chi connectivity index (χ4n) is 5.96. The number of rotatable bonds is 14. The van der Waals surface area contributed by atoms with E-state index in [4.69, 9.17) is 9.47 Å². The van der Waals surface area contributed by atoms with E-state index in [9.17, 15) is 18.0 Å². The second-order valence-electron chi connectivity index (χ2n) is 11.7. The molecule has 0 aromatic heterocycles. The summed E-state index contributed by atoms with van der Waals surface area (Å²) in [5.74, 6) is -0.928. The van der Waals surface area contributed by atoms with Crippen molar-refractivity contribution in [2.24, 2.45) is 0 Å². The van der Waals surface area contributed by atoms with Gasteiger partial charge in [0.15, 0.2) is 0 Å². The van der Waals surface area contributed by atoms with Gasteiger partial charge in [0, 0.05) is 24.6 Å². The molecule has 252 valence electrons. The summed E-state index contributed by atoms with van der Waals surface area (Å²) in [7, 11) is -1.49. The van der Waals surface area contributed by atoms with E-state index in [1.807, 2.05) is 30.3 Å². The zero-order chi connectivity index (χ0) is 34.1. The number of para-hydroxylation sites is 2. The Bertz CT molecular complexity index is 1800. The van der Waals surface area contributed by atoms with Crippen molar-refractivity contribution in [1.29, 1.82) is 0 Å². The molecule has 1 atom stereocenters. The van der Waals surface area contributed by atoms with Crippen molar-refractivity contribution in [2.75, 3.05) is 25.1 Å². The second-order valence-corrected chi connectivity index (χ2v) is 13.5. The van der Waals surface area contributed by atoms with Crippen LogP contribution in [-0.2, 0) is 32.6 Å². The van der Waals surface area contributed by atoms with E-state index < -0.39 is 34.3 Å². The van der Waals surface area contributed by atoms with Gasteiger partial charge in [-0.1, -0.05) is 73.5 Å². The van der Waals surface area contributed by atoms with Crippen LogP contribution in [0.3, 0.4) is 0 Å². The topological polar surface area (TPSA) is 105 Å². The molecule has 0 saturated heterocycles. The molecule has 0 bridgehead atoms. The van der Waals surface area contributed by atoms with Crippen LogP contribution < -0.4 is 19.1 Å². The van der Waals surface area contributed by atoms with Crippen LogP contribution in [0.5, 0.6) is 11.5 Å². The molecule has 0 spiro atoms. The Morgan fingerprint density at radius 3 is 2.17 bits per heavy atom. The molecule has 0 radical (unpaired) electrons. The van der Waals surface area contributed by atoms with Gasteiger partial charge >= 0.3 is 0 Å². The van der Waals surface area contributed by atoms with Crippen LogP contribution in [0.25, 0.3) is 0 Å². The number of amides is 2. The highest BCUT2D eigenvalue weighted by atomic mass is 32.2. The molecule has 48 heavy (non-hydrogen) atoms. The lowest BCUT2D eigenvalue weighted by Crippen LogP contribution is -2.54. The van der Waals surface area contributed by atoms with Gasteiger partial charge in [0.2, 0.25) is 11.8 Å². The number of hydrogen-bond acceptors (Lipinski definition) is 6. The molecule has 1 aliphatic rings. The molecule has 2 amide bonds. The summed E-state index contributed by atoms with van der Waals surface area (Å²) in [6, 6.07) is 26.5. The number of sulfonamides is 1. The largest absolute Gasteiger partial charge is 0.497 e. The summed E-state index contributed by atoms with van der Waals surface area (Å²) in [6.45, 7) is -0.950. The molecule has 5 rings (SSSR count). The fourth-order valence-corrected chi connectivity index (χ4v) is 7.38. The van der Waals surface area contributed by atoms with Gasteiger partial charge in [-0.3, -0.25) is 13.9 Å². The van der Waals surface area contributed by atoms with Gasteiger partial charge in [-0.2, -0.15) is 0 Å². The van der Waals surface area contributed by atoms with Crippen molar-refractivity contribution in [3.05, 3.63) is 120 Å². The Hall–Kier alpha value is -4.90. The molecule has 9 nitrogen and oxygen atoms in total. The first kappa shape index (κ1) is 34.4. The summed E-state index contributed by atoms with van der Waals surface area (Å²) in [4.78, 5) is 30.0. The van der Waals surface area contributed by atoms with Gasteiger partial charge in [0.1, 0.15) is 29.9 Å². The lowest BCUT2D eigenvalue weighted by molar-refractivity contribution is -0.140. The van der Waals surface area contributed by atoms with Gasteiger partial charge in [-0.05, 0) is 60.9 Å². The number of carbonyl (C=O) groups is 2. The first-order valence-electron chi connectivity index (χ1n) is 15.9. The zero-order valence-corrected chi connectivity index (χ0v) is 27.9. The van der Waals surface area contributed by atoms with Crippen molar-refractivity contribution in [3.63, 3.8) is 0 Å². The van der Waals surface area contributed by atoms with E-state index in [2.05, 4.69) is 5.32 Å². The number of halogens is 1. The number of hydrogen-bond donors (Lipinski definition) is 1. The molecule has 11 heteroatoms. The summed E-state index contributed by atoms with van der Waals surface area (Å²) < 4.78 is 55.5. The number of methoxy groups -OCH3 is 2. The van der Waals surface area contributed by atoms with E-state index in [0.29, 0.717) is 5.75 Å². The second kappa shape index (κ2) is 15.8. The van der Waals surface area contributed by atoms with E-state index in [1.165, 1.54) is 49.5 Å². The number of anilines is 1. The number of benzene rings is 4. The highest BCUT2D eigenvalue weighted by Gasteiger charge is 2.36. The van der Waals surface area contributed by atoms with Crippen molar-refractivity contribution in [3.8, 4) is 11.5 Å². The summed E-state index contributed by atoms with van der Waals surface area (Å²) in [5, 5.41) is 3.11. The highest BCUT2D eigenvalue weighted by molar-refractivity contribution is 7.92. The van der Waals surface area contributed by atoms with Gasteiger partial charge < -0.3 is 19.7 Å².